The van der Waals surface area contributed by atoms with Gasteiger partial charge in [-0.1, -0.05) is 18.2 Å². The highest BCUT2D eigenvalue weighted by atomic mass is 32.1. The van der Waals surface area contributed by atoms with Gasteiger partial charge in [0.25, 0.3) is 0 Å². The molecule has 2 heterocycles. The molecule has 1 amide bonds. The van der Waals surface area contributed by atoms with Crippen molar-refractivity contribution in [3.63, 3.8) is 0 Å². The number of thiazole rings is 1. The first-order valence-electron chi connectivity index (χ1n) is 9.64. The van der Waals surface area contributed by atoms with E-state index in [1.807, 2.05) is 49.4 Å². The van der Waals surface area contributed by atoms with Crippen LogP contribution in [0.1, 0.15) is 26.8 Å². The van der Waals surface area contributed by atoms with Crippen LogP contribution in [0.3, 0.4) is 0 Å². The Kier molecular flexibility index (Phi) is 5.99. The highest BCUT2D eigenvalue weighted by Gasteiger charge is 2.14. The first-order valence-corrected chi connectivity index (χ1v) is 10.5. The number of aromatic amines is 1. The van der Waals surface area contributed by atoms with Crippen molar-refractivity contribution in [3.05, 3.63) is 75.9 Å². The van der Waals surface area contributed by atoms with Crippen LogP contribution in [0, 0.1) is 6.92 Å². The fraction of sp³-hybridized carbons (Fsp3) is 0.174. The second-order valence-corrected chi connectivity index (χ2v) is 7.93. The van der Waals surface area contributed by atoms with E-state index < -0.39 is 5.97 Å². The van der Waals surface area contributed by atoms with E-state index in [1.54, 1.807) is 18.6 Å². The van der Waals surface area contributed by atoms with E-state index in [1.165, 1.54) is 11.3 Å². The average molecular weight is 436 g/mol. The zero-order valence-corrected chi connectivity index (χ0v) is 17.9. The maximum Gasteiger partial charge on any atom is 0.355 e. The molecule has 0 saturated carbocycles. The Hall–Kier alpha value is -3.65. The second-order valence-electron chi connectivity index (χ2n) is 6.98. The third kappa shape index (κ3) is 4.92. The van der Waals surface area contributed by atoms with Crippen LogP contribution in [0.2, 0.25) is 0 Å². The van der Waals surface area contributed by atoms with Gasteiger partial charge in [0.05, 0.1) is 19.2 Å². The predicted octanol–water partition coefficient (Wildman–Crippen LogP) is 4.48. The molecule has 0 unspecified atom stereocenters. The number of carbonyl (C=O) groups is 2. The molecule has 0 saturated heterocycles. The van der Waals surface area contributed by atoms with E-state index in [9.17, 15) is 9.59 Å². The summed E-state index contributed by atoms with van der Waals surface area (Å²) in [4.78, 5) is 32.1. The predicted molar refractivity (Wildman–Crippen MR) is 120 cm³/mol. The molecule has 158 valence electrons. The highest BCUT2D eigenvalue weighted by Crippen LogP contribution is 2.22. The van der Waals surface area contributed by atoms with Crippen molar-refractivity contribution in [1.29, 1.82) is 0 Å². The van der Waals surface area contributed by atoms with Gasteiger partial charge >= 0.3 is 5.97 Å². The van der Waals surface area contributed by atoms with Gasteiger partial charge in [0.1, 0.15) is 23.1 Å². The molecule has 2 aromatic heterocycles. The quantitative estimate of drug-likeness (QED) is 0.418. The monoisotopic (exact) mass is 435 g/mol. The normalized spacial score (nSPS) is 10.8. The molecule has 4 rings (SSSR count). The topological polar surface area (TPSA) is 93.3 Å². The maximum atomic E-state index is 12.4. The van der Waals surface area contributed by atoms with Gasteiger partial charge in [0.2, 0.25) is 5.91 Å². The summed E-state index contributed by atoms with van der Waals surface area (Å²) in [5, 5.41) is 6.24. The van der Waals surface area contributed by atoms with Gasteiger partial charge in [-0.15, -0.1) is 11.3 Å². The number of aromatic nitrogens is 2. The number of nitrogens with zero attached hydrogens (tertiary/aromatic N) is 1. The van der Waals surface area contributed by atoms with Crippen molar-refractivity contribution < 1.29 is 19.1 Å². The number of nitrogens with one attached hydrogen (secondary N) is 2. The van der Waals surface area contributed by atoms with E-state index >= 15 is 0 Å². The van der Waals surface area contributed by atoms with Crippen LogP contribution in [0.25, 0.3) is 10.9 Å². The lowest BCUT2D eigenvalue weighted by Crippen LogP contribution is -2.15. The standard InChI is InChI=1S/C23H21N3O4S/c1-14-5-3-4-6-18(14)26-21(27)11-22-24-16(13-31-22)12-30-23(28)20-9-15-7-8-17(29-2)10-19(15)25-20/h3-10,13,25H,11-12H2,1-2H3,(H,26,27). The van der Waals surface area contributed by atoms with Crippen molar-refractivity contribution in [2.75, 3.05) is 12.4 Å². The number of anilines is 1. The average Bonchev–Trinajstić information content (AvgIpc) is 3.39. The molecular formula is C23H21N3O4S. The lowest BCUT2D eigenvalue weighted by Gasteiger charge is -2.06. The molecule has 31 heavy (non-hydrogen) atoms. The second kappa shape index (κ2) is 9.01. The number of aryl methyl sites for hydroxylation is 1. The van der Waals surface area contributed by atoms with Crippen molar-refractivity contribution in [1.82, 2.24) is 9.97 Å². The van der Waals surface area contributed by atoms with Crippen LogP contribution < -0.4 is 10.1 Å². The summed E-state index contributed by atoms with van der Waals surface area (Å²) in [6.07, 6.45) is 0.163. The summed E-state index contributed by atoms with van der Waals surface area (Å²) >= 11 is 1.36. The minimum atomic E-state index is -0.470. The van der Waals surface area contributed by atoms with Crippen LogP contribution >= 0.6 is 11.3 Å². The van der Waals surface area contributed by atoms with Crippen LogP contribution in [-0.2, 0) is 22.6 Å². The fourth-order valence-corrected chi connectivity index (χ4v) is 3.88. The minimum absolute atomic E-state index is 0.0352. The molecule has 0 aliphatic rings. The number of para-hydroxylation sites is 1. The van der Waals surface area contributed by atoms with Crippen LogP contribution in [0.15, 0.2) is 53.9 Å². The van der Waals surface area contributed by atoms with Crippen molar-refractivity contribution >= 4 is 39.8 Å². The lowest BCUT2D eigenvalue weighted by atomic mass is 10.2. The molecule has 0 fully saturated rings. The van der Waals surface area contributed by atoms with Gasteiger partial charge in [-0.05, 0) is 36.8 Å². The summed E-state index contributed by atoms with van der Waals surface area (Å²) in [7, 11) is 1.59. The minimum Gasteiger partial charge on any atom is -0.497 e. The van der Waals surface area contributed by atoms with Gasteiger partial charge in [0.15, 0.2) is 0 Å². The van der Waals surface area contributed by atoms with Crippen LogP contribution in [0.5, 0.6) is 5.75 Å². The molecule has 0 aliphatic heterocycles. The van der Waals surface area contributed by atoms with Crippen LogP contribution in [0.4, 0.5) is 5.69 Å². The number of hydrogen-bond acceptors (Lipinski definition) is 6. The van der Waals surface area contributed by atoms with E-state index in [0.29, 0.717) is 22.1 Å². The Morgan fingerprint density at radius 1 is 1.16 bits per heavy atom. The summed E-state index contributed by atoms with van der Waals surface area (Å²) in [6, 6.07) is 14.9. The summed E-state index contributed by atoms with van der Waals surface area (Å²) < 4.78 is 10.6. The smallest absolute Gasteiger partial charge is 0.355 e. The molecule has 0 spiro atoms. The SMILES string of the molecule is COc1ccc2cc(C(=O)OCc3csc(CC(=O)Nc4ccccc4C)n3)[nH]c2c1. The van der Waals surface area contributed by atoms with Gasteiger partial charge in [-0.25, -0.2) is 9.78 Å². The van der Waals surface area contributed by atoms with Gasteiger partial charge < -0.3 is 19.8 Å². The molecule has 0 bridgehead atoms. The van der Waals surface area contributed by atoms with Crippen LogP contribution in [-0.4, -0.2) is 29.0 Å². The molecule has 8 heteroatoms. The number of H-pyrrole nitrogens is 1. The van der Waals surface area contributed by atoms with E-state index in [0.717, 1.165) is 22.2 Å². The molecule has 0 aliphatic carbocycles. The number of methoxy groups -OCH3 is 1. The highest BCUT2D eigenvalue weighted by molar-refractivity contribution is 7.09. The number of benzene rings is 2. The molecular weight excluding hydrogens is 414 g/mol. The summed E-state index contributed by atoms with van der Waals surface area (Å²) in [5.74, 6) is 0.0958. The largest absolute Gasteiger partial charge is 0.497 e. The zero-order chi connectivity index (χ0) is 21.8. The van der Waals surface area contributed by atoms with Crippen molar-refractivity contribution in [2.24, 2.45) is 0 Å². The zero-order valence-electron chi connectivity index (χ0n) is 17.1. The fourth-order valence-electron chi connectivity index (χ4n) is 3.10. The number of esters is 1. The lowest BCUT2D eigenvalue weighted by molar-refractivity contribution is -0.115. The van der Waals surface area contributed by atoms with E-state index in [-0.39, 0.29) is 18.9 Å². The van der Waals surface area contributed by atoms with E-state index in [2.05, 4.69) is 15.3 Å². The Balaban J connectivity index is 1.33. The third-order valence-corrected chi connectivity index (χ3v) is 5.63. The molecule has 7 nitrogen and oxygen atoms in total. The van der Waals surface area contributed by atoms with Gasteiger partial charge in [-0.3, -0.25) is 4.79 Å². The third-order valence-electron chi connectivity index (χ3n) is 4.73. The Morgan fingerprint density at radius 2 is 2.00 bits per heavy atom. The van der Waals surface area contributed by atoms with Gasteiger partial charge in [-0.2, -0.15) is 0 Å². The maximum absolute atomic E-state index is 12.4. The molecule has 2 aromatic carbocycles. The number of ether oxygens (including phenoxy) is 2. The Labute approximate surface area is 183 Å². The van der Waals surface area contributed by atoms with Gasteiger partial charge in [0, 0.05) is 28.0 Å². The number of carbonyl (C=O) groups excluding carboxylic acids is 2. The molecule has 0 atom stereocenters. The Morgan fingerprint density at radius 3 is 2.81 bits per heavy atom. The summed E-state index contributed by atoms with van der Waals surface area (Å²) in [6.45, 7) is 1.97. The molecule has 2 N–H and O–H groups in total. The van der Waals surface area contributed by atoms with Crippen molar-refractivity contribution in [2.45, 2.75) is 20.0 Å². The number of hydrogen-bond donors (Lipinski definition) is 2. The molecule has 0 radical (unpaired) electrons. The number of amides is 1. The molecule has 4 aromatic rings. The number of rotatable bonds is 7. The number of fused-ring (bicyclic) bond motifs is 1. The Bertz CT molecular complexity index is 1240. The van der Waals surface area contributed by atoms with E-state index in [4.69, 9.17) is 9.47 Å². The summed E-state index contributed by atoms with van der Waals surface area (Å²) in [5.41, 5.74) is 3.54. The first kappa shape index (κ1) is 20.6. The first-order chi connectivity index (χ1) is 15.0. The van der Waals surface area contributed by atoms with Crippen molar-refractivity contribution in [3.8, 4) is 5.75 Å².